The zero-order chi connectivity index (χ0) is 21.5. The molecule has 1 aliphatic heterocycles. The van der Waals surface area contributed by atoms with E-state index in [9.17, 15) is 4.79 Å². The van der Waals surface area contributed by atoms with Crippen molar-refractivity contribution in [3.05, 3.63) is 35.7 Å². The molecule has 1 saturated carbocycles. The number of carbonyl (C=O) groups is 1. The van der Waals surface area contributed by atoms with E-state index in [1.54, 1.807) is 7.11 Å². The third-order valence-corrected chi connectivity index (χ3v) is 7.15. The van der Waals surface area contributed by atoms with Crippen LogP contribution in [0.1, 0.15) is 56.3 Å². The fourth-order valence-corrected chi connectivity index (χ4v) is 5.20. The first-order valence-electron chi connectivity index (χ1n) is 11.4. The molecular formula is C23H33N5O2S. The van der Waals surface area contributed by atoms with E-state index in [0.29, 0.717) is 18.4 Å². The van der Waals surface area contributed by atoms with Crippen LogP contribution in [0, 0.1) is 5.92 Å². The van der Waals surface area contributed by atoms with Gasteiger partial charge in [0, 0.05) is 43.6 Å². The molecule has 1 aliphatic carbocycles. The Hall–Kier alpha value is -2.35. The van der Waals surface area contributed by atoms with Crippen molar-refractivity contribution >= 4 is 22.7 Å². The highest BCUT2D eigenvalue weighted by Crippen LogP contribution is 2.25. The molecule has 2 fully saturated rings. The van der Waals surface area contributed by atoms with Crippen molar-refractivity contribution in [2.75, 3.05) is 31.6 Å². The van der Waals surface area contributed by atoms with Gasteiger partial charge in [0.25, 0.3) is 0 Å². The van der Waals surface area contributed by atoms with Gasteiger partial charge < -0.3 is 20.3 Å². The smallest absolute Gasteiger partial charge is 0.315 e. The molecule has 1 aromatic carbocycles. The maximum absolute atomic E-state index is 12.2. The zero-order valence-corrected chi connectivity index (χ0v) is 19.1. The second-order valence-corrected chi connectivity index (χ2v) is 9.37. The minimum Gasteiger partial charge on any atom is -0.497 e. The number of benzene rings is 1. The van der Waals surface area contributed by atoms with Crippen LogP contribution in [0.2, 0.25) is 0 Å². The van der Waals surface area contributed by atoms with Gasteiger partial charge in [0.05, 0.1) is 7.11 Å². The molecule has 1 saturated heterocycles. The monoisotopic (exact) mass is 443 g/mol. The van der Waals surface area contributed by atoms with Crippen LogP contribution in [-0.2, 0) is 6.42 Å². The van der Waals surface area contributed by atoms with E-state index in [2.05, 4.69) is 26.0 Å². The largest absolute Gasteiger partial charge is 0.497 e. The molecule has 1 aromatic heterocycles. The second kappa shape index (κ2) is 10.8. The molecule has 0 bridgehead atoms. The van der Waals surface area contributed by atoms with Crippen LogP contribution in [0.25, 0.3) is 0 Å². The summed E-state index contributed by atoms with van der Waals surface area (Å²) in [5.41, 5.74) is 1.15. The number of carbonyl (C=O) groups excluding carboxylic acids is 1. The second-order valence-electron chi connectivity index (χ2n) is 8.64. The van der Waals surface area contributed by atoms with Gasteiger partial charge in [-0.1, -0.05) is 31.4 Å². The maximum atomic E-state index is 12.2. The Morgan fingerprint density at radius 2 is 2.00 bits per heavy atom. The highest BCUT2D eigenvalue weighted by Gasteiger charge is 2.23. The van der Waals surface area contributed by atoms with Gasteiger partial charge in [0.1, 0.15) is 11.6 Å². The average molecular weight is 444 g/mol. The summed E-state index contributed by atoms with van der Waals surface area (Å²) in [5.74, 6) is 2.24. The average Bonchev–Trinajstić information content (AvgIpc) is 3.27. The van der Waals surface area contributed by atoms with Crippen molar-refractivity contribution in [2.24, 2.45) is 5.92 Å². The minimum atomic E-state index is 0.000590. The number of nitrogens with one attached hydrogen (secondary N) is 2. The number of aromatic nitrogens is 2. The first-order valence-corrected chi connectivity index (χ1v) is 12.2. The van der Waals surface area contributed by atoms with Crippen LogP contribution in [0.4, 0.5) is 9.93 Å². The Balaban J connectivity index is 1.19. The third kappa shape index (κ3) is 6.32. The number of hydrogen-bond acceptors (Lipinski definition) is 6. The van der Waals surface area contributed by atoms with Crippen molar-refractivity contribution in [1.82, 2.24) is 20.0 Å². The lowest BCUT2D eigenvalue weighted by molar-refractivity contribution is 0.229. The van der Waals surface area contributed by atoms with E-state index in [-0.39, 0.29) is 6.03 Å². The van der Waals surface area contributed by atoms with Crippen molar-refractivity contribution in [3.8, 4) is 5.75 Å². The summed E-state index contributed by atoms with van der Waals surface area (Å²) in [5, 5.41) is 7.23. The number of anilines is 1. The van der Waals surface area contributed by atoms with Crippen LogP contribution < -0.4 is 20.3 Å². The first-order chi connectivity index (χ1) is 15.2. The molecule has 7 nitrogen and oxygen atoms in total. The summed E-state index contributed by atoms with van der Waals surface area (Å²) in [6.07, 6.45) is 8.84. The first kappa shape index (κ1) is 21.9. The number of ether oxygens (including phenoxy) is 1. The molecule has 8 heteroatoms. The van der Waals surface area contributed by atoms with E-state index >= 15 is 0 Å². The Morgan fingerprint density at radius 1 is 1.19 bits per heavy atom. The van der Waals surface area contributed by atoms with Gasteiger partial charge >= 0.3 is 6.03 Å². The molecule has 0 radical (unpaired) electrons. The number of amides is 2. The number of piperidine rings is 1. The Labute approximate surface area is 188 Å². The predicted octanol–water partition coefficient (Wildman–Crippen LogP) is 3.99. The quantitative estimate of drug-likeness (QED) is 0.677. The van der Waals surface area contributed by atoms with Crippen molar-refractivity contribution < 1.29 is 9.53 Å². The van der Waals surface area contributed by atoms with Crippen LogP contribution >= 0.6 is 11.5 Å². The van der Waals surface area contributed by atoms with Gasteiger partial charge in [-0.05, 0) is 49.3 Å². The number of hydrogen-bond donors (Lipinski definition) is 2. The van der Waals surface area contributed by atoms with Crippen LogP contribution in [-0.4, -0.2) is 48.2 Å². The fourth-order valence-electron chi connectivity index (χ4n) is 4.46. The van der Waals surface area contributed by atoms with Gasteiger partial charge in [-0.25, -0.2) is 9.78 Å². The number of nitrogens with zero attached hydrogens (tertiary/aromatic N) is 3. The maximum Gasteiger partial charge on any atom is 0.315 e. The van der Waals surface area contributed by atoms with E-state index < -0.39 is 0 Å². The molecule has 0 spiro atoms. The van der Waals surface area contributed by atoms with Gasteiger partial charge in [0.2, 0.25) is 5.13 Å². The summed E-state index contributed by atoms with van der Waals surface area (Å²) in [6, 6.07) is 8.41. The molecule has 2 heterocycles. The fraction of sp³-hybridized carbons (Fsp3) is 0.609. The lowest BCUT2D eigenvalue weighted by Gasteiger charge is -2.31. The molecule has 4 rings (SSSR count). The summed E-state index contributed by atoms with van der Waals surface area (Å²) in [4.78, 5) is 19.3. The molecular weight excluding hydrogens is 410 g/mol. The van der Waals surface area contributed by atoms with Gasteiger partial charge in [0.15, 0.2) is 0 Å². The molecule has 0 atom stereocenters. The summed E-state index contributed by atoms with van der Waals surface area (Å²) < 4.78 is 9.86. The van der Waals surface area contributed by atoms with Gasteiger partial charge in [-0.3, -0.25) is 0 Å². The Kier molecular flexibility index (Phi) is 7.61. The molecule has 31 heavy (non-hydrogen) atoms. The molecule has 2 aliphatic rings. The minimum absolute atomic E-state index is 0.000590. The van der Waals surface area contributed by atoms with Crippen LogP contribution in [0.5, 0.6) is 5.75 Å². The summed E-state index contributed by atoms with van der Waals surface area (Å²) >= 11 is 1.48. The zero-order valence-electron chi connectivity index (χ0n) is 18.3. The lowest BCUT2D eigenvalue weighted by atomic mass is 9.95. The number of rotatable bonds is 7. The highest BCUT2D eigenvalue weighted by atomic mass is 32.1. The molecule has 0 unspecified atom stereocenters. The Morgan fingerprint density at radius 3 is 2.77 bits per heavy atom. The molecule has 2 amide bonds. The van der Waals surface area contributed by atoms with Crippen molar-refractivity contribution in [1.29, 1.82) is 0 Å². The van der Waals surface area contributed by atoms with E-state index in [0.717, 1.165) is 67.6 Å². The summed E-state index contributed by atoms with van der Waals surface area (Å²) in [6.45, 7) is 2.68. The highest BCUT2D eigenvalue weighted by molar-refractivity contribution is 7.09. The topological polar surface area (TPSA) is 79.4 Å². The standard InChI is InChI=1S/C23H33N5O2S/c1-30-20-9-5-6-18(14-20)15-21-26-23(31-27-21)28-12-10-17(11-13-28)16-24-22(29)25-19-7-3-2-4-8-19/h5-6,9,14,17,19H,2-4,7-8,10-13,15-16H2,1H3,(H2,24,25,29). The van der Waals surface area contributed by atoms with Crippen molar-refractivity contribution in [3.63, 3.8) is 0 Å². The van der Waals surface area contributed by atoms with Crippen LogP contribution in [0.15, 0.2) is 24.3 Å². The van der Waals surface area contributed by atoms with Crippen LogP contribution in [0.3, 0.4) is 0 Å². The van der Waals surface area contributed by atoms with E-state index in [1.807, 2.05) is 18.2 Å². The van der Waals surface area contributed by atoms with Gasteiger partial charge in [-0.2, -0.15) is 4.37 Å². The molecule has 168 valence electrons. The lowest BCUT2D eigenvalue weighted by Crippen LogP contribution is -2.45. The Bertz CT molecular complexity index is 844. The molecule has 2 aromatic rings. The van der Waals surface area contributed by atoms with E-state index in [1.165, 1.54) is 30.8 Å². The van der Waals surface area contributed by atoms with Gasteiger partial charge in [-0.15, -0.1) is 0 Å². The normalized spacial score (nSPS) is 18.0. The molecule has 2 N–H and O–H groups in total. The summed E-state index contributed by atoms with van der Waals surface area (Å²) in [7, 11) is 1.68. The number of urea groups is 1. The van der Waals surface area contributed by atoms with E-state index in [4.69, 9.17) is 9.72 Å². The van der Waals surface area contributed by atoms with Crippen molar-refractivity contribution in [2.45, 2.75) is 57.4 Å². The third-order valence-electron chi connectivity index (χ3n) is 6.33. The SMILES string of the molecule is COc1cccc(Cc2nsc(N3CCC(CNC(=O)NC4CCCCC4)CC3)n2)c1. The predicted molar refractivity (Wildman–Crippen MR) is 124 cm³/mol. The number of methoxy groups -OCH3 is 1.